The summed E-state index contributed by atoms with van der Waals surface area (Å²) in [5.74, 6) is 0.158. The maximum atomic E-state index is 11.9. The fourth-order valence-electron chi connectivity index (χ4n) is 2.58. The number of ether oxygens (including phenoxy) is 1. The molecule has 19 heavy (non-hydrogen) atoms. The molecule has 1 aromatic heterocycles. The molecule has 0 radical (unpaired) electrons. The van der Waals surface area contributed by atoms with Gasteiger partial charge >= 0.3 is 5.97 Å². The van der Waals surface area contributed by atoms with Gasteiger partial charge in [0.1, 0.15) is 5.01 Å². The van der Waals surface area contributed by atoms with Crippen LogP contribution < -0.4 is 4.90 Å². The van der Waals surface area contributed by atoms with Gasteiger partial charge in [-0.25, -0.2) is 0 Å². The van der Waals surface area contributed by atoms with E-state index in [0.29, 0.717) is 0 Å². The minimum atomic E-state index is -0.451. The predicted octanol–water partition coefficient (Wildman–Crippen LogP) is 2.26. The smallest absolute Gasteiger partial charge is 0.311 e. The van der Waals surface area contributed by atoms with Crippen LogP contribution in [0.1, 0.15) is 31.7 Å². The Morgan fingerprint density at radius 1 is 1.47 bits per heavy atom. The van der Waals surface area contributed by atoms with Crippen molar-refractivity contribution >= 4 is 22.4 Å². The number of esters is 1. The number of rotatable bonds is 3. The van der Waals surface area contributed by atoms with E-state index < -0.39 is 5.41 Å². The number of carbonyl (C=O) groups excluding carboxylic acids is 1. The zero-order valence-electron chi connectivity index (χ0n) is 12.0. The van der Waals surface area contributed by atoms with Crippen molar-refractivity contribution in [2.24, 2.45) is 11.3 Å². The molecular weight excluding hydrogens is 262 g/mol. The topological polar surface area (TPSA) is 55.3 Å². The molecule has 2 rings (SSSR count). The van der Waals surface area contributed by atoms with Gasteiger partial charge in [-0.3, -0.25) is 4.79 Å². The first-order chi connectivity index (χ1) is 8.95. The number of anilines is 1. The zero-order chi connectivity index (χ0) is 14.0. The van der Waals surface area contributed by atoms with Gasteiger partial charge in [0.2, 0.25) is 5.13 Å². The average Bonchev–Trinajstić information content (AvgIpc) is 2.84. The quantitative estimate of drug-likeness (QED) is 0.796. The summed E-state index contributed by atoms with van der Waals surface area (Å²) in [6, 6.07) is 0. The highest BCUT2D eigenvalue weighted by Crippen LogP contribution is 2.36. The second-order valence-electron chi connectivity index (χ2n) is 5.60. The number of methoxy groups -OCH3 is 1. The van der Waals surface area contributed by atoms with E-state index in [1.54, 1.807) is 11.3 Å². The van der Waals surface area contributed by atoms with Crippen LogP contribution in [0.4, 0.5) is 5.13 Å². The van der Waals surface area contributed by atoms with Gasteiger partial charge in [-0.2, -0.15) is 0 Å². The maximum Gasteiger partial charge on any atom is 0.311 e. The number of hydrogen-bond acceptors (Lipinski definition) is 6. The molecule has 1 aliphatic heterocycles. The molecule has 0 N–H and O–H groups in total. The molecular formula is C13H21N3O2S. The molecule has 1 aliphatic rings. The van der Waals surface area contributed by atoms with Gasteiger partial charge in [0.05, 0.1) is 12.5 Å². The van der Waals surface area contributed by atoms with Crippen LogP contribution >= 0.6 is 11.3 Å². The fourth-order valence-corrected chi connectivity index (χ4v) is 3.31. The summed E-state index contributed by atoms with van der Waals surface area (Å²) in [7, 11) is 1.46. The van der Waals surface area contributed by atoms with Crippen molar-refractivity contribution in [3.63, 3.8) is 0 Å². The Kier molecular flexibility index (Phi) is 4.08. The van der Waals surface area contributed by atoms with E-state index in [9.17, 15) is 4.79 Å². The lowest BCUT2D eigenvalue weighted by molar-refractivity contribution is -0.154. The SMILES string of the molecule is COC(=O)C(C)(C)C1CCCN(c2nnc(C)s2)C1. The van der Waals surface area contributed by atoms with E-state index in [0.717, 1.165) is 36.1 Å². The number of piperidine rings is 1. The Morgan fingerprint density at radius 2 is 2.21 bits per heavy atom. The Labute approximate surface area is 118 Å². The fraction of sp³-hybridized carbons (Fsp3) is 0.769. The molecule has 1 unspecified atom stereocenters. The van der Waals surface area contributed by atoms with Gasteiger partial charge in [0, 0.05) is 13.1 Å². The molecule has 1 saturated heterocycles. The van der Waals surface area contributed by atoms with Crippen molar-refractivity contribution < 1.29 is 9.53 Å². The van der Waals surface area contributed by atoms with Gasteiger partial charge in [0.15, 0.2) is 0 Å². The minimum Gasteiger partial charge on any atom is -0.469 e. The number of hydrogen-bond donors (Lipinski definition) is 0. The molecule has 0 amide bonds. The highest BCUT2D eigenvalue weighted by molar-refractivity contribution is 7.15. The van der Waals surface area contributed by atoms with Gasteiger partial charge < -0.3 is 9.64 Å². The third-order valence-corrected chi connectivity index (χ3v) is 4.84. The number of nitrogens with zero attached hydrogens (tertiary/aromatic N) is 3. The molecule has 1 fully saturated rings. The second kappa shape index (κ2) is 5.45. The summed E-state index contributed by atoms with van der Waals surface area (Å²) in [5, 5.41) is 10.2. The van der Waals surface area contributed by atoms with Crippen molar-refractivity contribution in [3.8, 4) is 0 Å². The van der Waals surface area contributed by atoms with Crippen molar-refractivity contribution in [2.45, 2.75) is 33.6 Å². The summed E-state index contributed by atoms with van der Waals surface area (Å²) >= 11 is 1.61. The highest BCUT2D eigenvalue weighted by atomic mass is 32.1. The van der Waals surface area contributed by atoms with Gasteiger partial charge in [-0.15, -0.1) is 10.2 Å². The summed E-state index contributed by atoms with van der Waals surface area (Å²) in [5.41, 5.74) is -0.451. The second-order valence-corrected chi connectivity index (χ2v) is 6.76. The molecule has 0 spiro atoms. The molecule has 1 atom stereocenters. The molecule has 0 saturated carbocycles. The Morgan fingerprint density at radius 3 is 2.79 bits per heavy atom. The lowest BCUT2D eigenvalue weighted by Crippen LogP contribution is -2.45. The predicted molar refractivity (Wildman–Crippen MR) is 75.4 cm³/mol. The third kappa shape index (κ3) is 2.88. The van der Waals surface area contributed by atoms with Crippen LogP contribution in [-0.4, -0.2) is 36.4 Å². The molecule has 0 aliphatic carbocycles. The summed E-state index contributed by atoms with van der Waals surface area (Å²) in [4.78, 5) is 14.2. The Bertz CT molecular complexity index is 458. The van der Waals surface area contributed by atoms with E-state index in [1.165, 1.54) is 7.11 Å². The first-order valence-electron chi connectivity index (χ1n) is 6.58. The lowest BCUT2D eigenvalue weighted by Gasteiger charge is -2.39. The van der Waals surface area contributed by atoms with Crippen molar-refractivity contribution in [2.75, 3.05) is 25.1 Å². The summed E-state index contributed by atoms with van der Waals surface area (Å²) < 4.78 is 4.93. The Hall–Kier alpha value is -1.17. The van der Waals surface area contributed by atoms with Crippen LogP contribution in [0.2, 0.25) is 0 Å². The van der Waals surface area contributed by atoms with Crippen LogP contribution in [0.25, 0.3) is 0 Å². The van der Waals surface area contributed by atoms with E-state index in [-0.39, 0.29) is 11.9 Å². The number of aromatic nitrogens is 2. The normalized spacial score (nSPS) is 20.4. The minimum absolute atomic E-state index is 0.132. The molecule has 2 heterocycles. The van der Waals surface area contributed by atoms with Gasteiger partial charge in [-0.05, 0) is 39.5 Å². The van der Waals surface area contributed by atoms with E-state index in [4.69, 9.17) is 4.74 Å². The van der Waals surface area contributed by atoms with Gasteiger partial charge in [-0.1, -0.05) is 11.3 Å². The molecule has 5 nitrogen and oxygen atoms in total. The summed E-state index contributed by atoms with van der Waals surface area (Å²) in [6.45, 7) is 7.73. The first kappa shape index (κ1) is 14.2. The molecule has 6 heteroatoms. The molecule has 0 bridgehead atoms. The van der Waals surface area contributed by atoms with Crippen LogP contribution in [-0.2, 0) is 9.53 Å². The van der Waals surface area contributed by atoms with Crippen LogP contribution in [0.3, 0.4) is 0 Å². The van der Waals surface area contributed by atoms with Crippen LogP contribution in [0, 0.1) is 18.3 Å². The molecule has 0 aromatic carbocycles. The Balaban J connectivity index is 2.11. The van der Waals surface area contributed by atoms with Crippen LogP contribution in [0.15, 0.2) is 0 Å². The largest absolute Gasteiger partial charge is 0.469 e. The third-order valence-electron chi connectivity index (χ3n) is 3.94. The van der Waals surface area contributed by atoms with E-state index >= 15 is 0 Å². The van der Waals surface area contributed by atoms with Gasteiger partial charge in [0.25, 0.3) is 0 Å². The monoisotopic (exact) mass is 283 g/mol. The average molecular weight is 283 g/mol. The van der Waals surface area contributed by atoms with E-state index in [2.05, 4.69) is 15.1 Å². The summed E-state index contributed by atoms with van der Waals surface area (Å²) in [6.07, 6.45) is 2.13. The van der Waals surface area contributed by atoms with E-state index in [1.807, 2.05) is 20.8 Å². The number of aryl methyl sites for hydroxylation is 1. The zero-order valence-corrected chi connectivity index (χ0v) is 12.8. The first-order valence-corrected chi connectivity index (χ1v) is 7.40. The lowest BCUT2D eigenvalue weighted by atomic mass is 9.74. The van der Waals surface area contributed by atoms with Crippen molar-refractivity contribution in [3.05, 3.63) is 5.01 Å². The molecule has 106 valence electrons. The highest BCUT2D eigenvalue weighted by Gasteiger charge is 2.40. The van der Waals surface area contributed by atoms with Crippen molar-refractivity contribution in [1.29, 1.82) is 0 Å². The van der Waals surface area contributed by atoms with Crippen LogP contribution in [0.5, 0.6) is 0 Å². The van der Waals surface area contributed by atoms with Crippen molar-refractivity contribution in [1.82, 2.24) is 10.2 Å². The number of carbonyl (C=O) groups is 1. The molecule has 1 aromatic rings. The maximum absolute atomic E-state index is 11.9. The standard InChI is InChI=1S/C13H21N3O2S/c1-9-14-15-12(19-9)16-7-5-6-10(8-16)13(2,3)11(17)18-4/h10H,5-8H2,1-4H3.